The fourth-order valence-electron chi connectivity index (χ4n) is 2.26. The van der Waals surface area contributed by atoms with Gasteiger partial charge in [0.2, 0.25) is 5.88 Å². The predicted molar refractivity (Wildman–Crippen MR) is 87.1 cm³/mol. The van der Waals surface area contributed by atoms with Gasteiger partial charge in [0.05, 0.1) is 17.8 Å². The molecule has 0 saturated carbocycles. The Morgan fingerprint density at radius 3 is 2.76 bits per heavy atom. The molecule has 1 atom stereocenters. The average molecular weight is 305 g/mol. The molecule has 4 nitrogen and oxygen atoms in total. The molecule has 2 aromatic rings. The summed E-state index contributed by atoms with van der Waals surface area (Å²) in [5.74, 6) is 0.659. The van der Waals surface area contributed by atoms with Crippen LogP contribution in [-0.2, 0) is 12.8 Å². The maximum Gasteiger partial charge on any atom is 0.212 e. The molecule has 0 fully saturated rings. The number of hydrogen-bond acceptors (Lipinski definition) is 5. The maximum absolute atomic E-state index is 5.10. The summed E-state index contributed by atoms with van der Waals surface area (Å²) < 4.78 is 5.10. The Kier molecular flexibility index (Phi) is 6.14. The van der Waals surface area contributed by atoms with Crippen molar-refractivity contribution in [3.8, 4) is 5.88 Å². The number of aromatic nitrogens is 2. The number of aryl methyl sites for hydroxylation is 1. The Hall–Kier alpha value is -1.46. The third-order valence-electron chi connectivity index (χ3n) is 3.29. The van der Waals surface area contributed by atoms with E-state index in [9.17, 15) is 0 Å². The smallest absolute Gasteiger partial charge is 0.212 e. The fourth-order valence-corrected chi connectivity index (χ4v) is 2.88. The Morgan fingerprint density at radius 1 is 1.33 bits per heavy atom. The second-order valence-electron chi connectivity index (χ2n) is 5.13. The number of rotatable bonds is 8. The molecule has 0 aliphatic carbocycles. The van der Waals surface area contributed by atoms with E-state index in [1.165, 1.54) is 11.3 Å². The van der Waals surface area contributed by atoms with Crippen LogP contribution in [0.3, 0.4) is 0 Å². The lowest BCUT2D eigenvalue weighted by Gasteiger charge is -2.17. The van der Waals surface area contributed by atoms with Crippen molar-refractivity contribution in [3.63, 3.8) is 0 Å². The summed E-state index contributed by atoms with van der Waals surface area (Å²) in [6.07, 6.45) is 4.93. The minimum Gasteiger partial charge on any atom is -0.481 e. The van der Waals surface area contributed by atoms with Crippen molar-refractivity contribution in [2.75, 3.05) is 13.7 Å². The van der Waals surface area contributed by atoms with Gasteiger partial charge in [0.1, 0.15) is 0 Å². The molecule has 1 unspecified atom stereocenters. The zero-order valence-electron chi connectivity index (χ0n) is 12.9. The van der Waals surface area contributed by atoms with Gasteiger partial charge >= 0.3 is 0 Å². The zero-order chi connectivity index (χ0) is 15.1. The van der Waals surface area contributed by atoms with Crippen molar-refractivity contribution in [2.24, 2.45) is 0 Å². The van der Waals surface area contributed by atoms with Crippen LogP contribution in [-0.4, -0.2) is 29.7 Å². The van der Waals surface area contributed by atoms with E-state index >= 15 is 0 Å². The average Bonchev–Trinajstić information content (AvgIpc) is 2.90. The normalized spacial score (nSPS) is 12.3. The summed E-state index contributed by atoms with van der Waals surface area (Å²) in [6, 6.07) is 4.39. The maximum atomic E-state index is 5.10. The Bertz CT molecular complexity index is 539. The van der Waals surface area contributed by atoms with Crippen LogP contribution >= 0.6 is 11.3 Å². The Morgan fingerprint density at radius 2 is 2.19 bits per heavy atom. The van der Waals surface area contributed by atoms with Gasteiger partial charge in [0.25, 0.3) is 0 Å². The van der Waals surface area contributed by atoms with E-state index in [0.717, 1.165) is 30.8 Å². The quantitative estimate of drug-likeness (QED) is 0.814. The highest BCUT2D eigenvalue weighted by Crippen LogP contribution is 2.14. The minimum atomic E-state index is 0.390. The van der Waals surface area contributed by atoms with Crippen molar-refractivity contribution in [3.05, 3.63) is 40.0 Å². The van der Waals surface area contributed by atoms with Gasteiger partial charge in [0.15, 0.2) is 0 Å². The van der Waals surface area contributed by atoms with Gasteiger partial charge in [0, 0.05) is 30.1 Å². The molecule has 0 spiro atoms. The van der Waals surface area contributed by atoms with Gasteiger partial charge in [-0.05, 0) is 31.9 Å². The number of nitrogens with one attached hydrogen (secondary N) is 1. The molecule has 5 heteroatoms. The number of ether oxygens (including phenoxy) is 1. The standard InChI is InChI=1S/C16H23N3OS/c1-4-7-17-14(9-15-11-21-12(2)19-15)8-13-5-6-16(20-3)18-10-13/h5-6,10-11,14,17H,4,7-9H2,1-3H3. The summed E-state index contributed by atoms with van der Waals surface area (Å²) in [6.45, 7) is 5.26. The van der Waals surface area contributed by atoms with Crippen molar-refractivity contribution in [1.29, 1.82) is 0 Å². The number of hydrogen-bond donors (Lipinski definition) is 1. The molecule has 0 aliphatic rings. The highest BCUT2D eigenvalue weighted by molar-refractivity contribution is 7.09. The highest BCUT2D eigenvalue weighted by atomic mass is 32.1. The van der Waals surface area contributed by atoms with Gasteiger partial charge in [-0.2, -0.15) is 0 Å². The van der Waals surface area contributed by atoms with E-state index in [1.54, 1.807) is 18.4 Å². The zero-order valence-corrected chi connectivity index (χ0v) is 13.7. The lowest BCUT2D eigenvalue weighted by Crippen LogP contribution is -2.34. The Balaban J connectivity index is 2.00. The monoisotopic (exact) mass is 305 g/mol. The lowest BCUT2D eigenvalue weighted by atomic mass is 10.0. The van der Waals surface area contributed by atoms with Crippen molar-refractivity contribution >= 4 is 11.3 Å². The summed E-state index contributed by atoms with van der Waals surface area (Å²) in [7, 11) is 1.64. The molecule has 0 amide bonds. The number of nitrogens with zero attached hydrogens (tertiary/aromatic N) is 2. The van der Waals surface area contributed by atoms with Crippen LogP contribution in [0.2, 0.25) is 0 Å². The van der Waals surface area contributed by atoms with Crippen LogP contribution in [0.4, 0.5) is 0 Å². The van der Waals surface area contributed by atoms with Gasteiger partial charge in [-0.3, -0.25) is 0 Å². The predicted octanol–water partition coefficient (Wildman–Crippen LogP) is 3.01. The molecule has 114 valence electrons. The summed E-state index contributed by atoms with van der Waals surface area (Å²) >= 11 is 1.71. The molecule has 1 N–H and O–H groups in total. The first kappa shape index (κ1) is 15.9. The fraction of sp³-hybridized carbons (Fsp3) is 0.500. The minimum absolute atomic E-state index is 0.390. The molecule has 0 radical (unpaired) electrons. The van der Waals surface area contributed by atoms with Gasteiger partial charge in [-0.25, -0.2) is 9.97 Å². The number of methoxy groups -OCH3 is 1. The van der Waals surface area contributed by atoms with Crippen LogP contribution in [0.5, 0.6) is 5.88 Å². The molecule has 21 heavy (non-hydrogen) atoms. The molecule has 0 saturated heterocycles. The van der Waals surface area contributed by atoms with Crippen LogP contribution in [0.1, 0.15) is 29.6 Å². The van der Waals surface area contributed by atoms with E-state index in [4.69, 9.17) is 4.74 Å². The van der Waals surface area contributed by atoms with Crippen LogP contribution in [0.25, 0.3) is 0 Å². The van der Waals surface area contributed by atoms with Crippen molar-refractivity contribution in [1.82, 2.24) is 15.3 Å². The van der Waals surface area contributed by atoms with Crippen LogP contribution in [0.15, 0.2) is 23.7 Å². The number of thiazole rings is 1. The van der Waals surface area contributed by atoms with E-state index in [2.05, 4.69) is 40.6 Å². The molecule has 2 aromatic heterocycles. The summed E-state index contributed by atoms with van der Waals surface area (Å²) in [5.41, 5.74) is 2.39. The van der Waals surface area contributed by atoms with Crippen LogP contribution < -0.4 is 10.1 Å². The van der Waals surface area contributed by atoms with Crippen molar-refractivity contribution in [2.45, 2.75) is 39.2 Å². The number of pyridine rings is 1. The largest absolute Gasteiger partial charge is 0.481 e. The second kappa shape index (κ2) is 8.10. The molecule has 0 aliphatic heterocycles. The molecule has 2 heterocycles. The summed E-state index contributed by atoms with van der Waals surface area (Å²) in [5, 5.41) is 6.89. The first-order chi connectivity index (χ1) is 10.2. The van der Waals surface area contributed by atoms with Crippen LogP contribution in [0, 0.1) is 6.92 Å². The molecule has 0 aromatic carbocycles. The summed E-state index contributed by atoms with van der Waals surface area (Å²) in [4.78, 5) is 8.85. The topological polar surface area (TPSA) is 47.0 Å². The third kappa shape index (κ3) is 5.10. The van der Waals surface area contributed by atoms with E-state index in [1.807, 2.05) is 12.3 Å². The highest BCUT2D eigenvalue weighted by Gasteiger charge is 2.12. The first-order valence-electron chi connectivity index (χ1n) is 7.34. The van der Waals surface area contributed by atoms with Gasteiger partial charge < -0.3 is 10.1 Å². The van der Waals surface area contributed by atoms with Gasteiger partial charge in [-0.15, -0.1) is 11.3 Å². The SMILES string of the molecule is CCCNC(Cc1ccc(OC)nc1)Cc1csc(C)n1. The van der Waals surface area contributed by atoms with E-state index < -0.39 is 0 Å². The molecule has 2 rings (SSSR count). The third-order valence-corrected chi connectivity index (χ3v) is 4.12. The molecule has 0 bridgehead atoms. The molecular formula is C16H23N3OS. The van der Waals surface area contributed by atoms with Gasteiger partial charge in [-0.1, -0.05) is 13.0 Å². The van der Waals surface area contributed by atoms with Crippen molar-refractivity contribution < 1.29 is 4.74 Å². The first-order valence-corrected chi connectivity index (χ1v) is 8.22. The second-order valence-corrected chi connectivity index (χ2v) is 6.19. The van der Waals surface area contributed by atoms with E-state index in [0.29, 0.717) is 11.9 Å². The Labute approximate surface area is 130 Å². The van der Waals surface area contributed by atoms with E-state index in [-0.39, 0.29) is 0 Å². The molecular weight excluding hydrogens is 282 g/mol. The lowest BCUT2D eigenvalue weighted by molar-refractivity contribution is 0.397.